The van der Waals surface area contributed by atoms with Crippen molar-refractivity contribution in [1.82, 2.24) is 28.8 Å². The number of nitrogens with zero attached hydrogens (tertiary/aromatic N) is 6. The average Bonchev–Trinajstić information content (AvgIpc) is 3.26. The van der Waals surface area contributed by atoms with E-state index in [2.05, 4.69) is 31.1 Å². The molecule has 0 amide bonds. The second-order valence-electron chi connectivity index (χ2n) is 5.77. The van der Waals surface area contributed by atoms with Crippen LogP contribution in [0.1, 0.15) is 5.89 Å². The molecule has 9 nitrogen and oxygen atoms in total. The lowest BCUT2D eigenvalue weighted by Gasteiger charge is -2.04. The predicted octanol–water partition coefficient (Wildman–Crippen LogP) is 1.29. The van der Waals surface area contributed by atoms with Crippen LogP contribution >= 0.6 is 15.9 Å². The lowest BCUT2D eigenvalue weighted by Crippen LogP contribution is -2.37. The molecular formula is C16H13BrN6O3. The third kappa shape index (κ3) is 2.58. The van der Waals surface area contributed by atoms with Gasteiger partial charge < -0.3 is 9.09 Å². The lowest BCUT2D eigenvalue weighted by molar-refractivity contribution is 0.372. The van der Waals surface area contributed by atoms with Crippen molar-refractivity contribution in [3.8, 4) is 11.4 Å². The molecule has 0 spiro atoms. The molecule has 0 aliphatic carbocycles. The highest BCUT2D eigenvalue weighted by Gasteiger charge is 2.16. The van der Waals surface area contributed by atoms with Crippen LogP contribution in [0.4, 0.5) is 0 Å². The highest BCUT2D eigenvalue weighted by Crippen LogP contribution is 2.20. The van der Waals surface area contributed by atoms with Crippen LogP contribution in [0.2, 0.25) is 0 Å². The van der Waals surface area contributed by atoms with Crippen LogP contribution in [-0.4, -0.2) is 28.8 Å². The van der Waals surface area contributed by atoms with E-state index in [0.29, 0.717) is 22.9 Å². The highest BCUT2D eigenvalue weighted by atomic mass is 79.9. The lowest BCUT2D eigenvalue weighted by atomic mass is 10.2. The Labute approximate surface area is 154 Å². The van der Waals surface area contributed by atoms with Gasteiger partial charge in [-0.1, -0.05) is 33.2 Å². The summed E-state index contributed by atoms with van der Waals surface area (Å²) in [4.78, 5) is 33.0. The third-order valence-corrected chi connectivity index (χ3v) is 4.57. The minimum Gasteiger partial charge on any atom is -0.337 e. The largest absolute Gasteiger partial charge is 0.337 e. The van der Waals surface area contributed by atoms with Crippen LogP contribution in [0.5, 0.6) is 0 Å². The van der Waals surface area contributed by atoms with Crippen molar-refractivity contribution in [2.24, 2.45) is 14.1 Å². The standard InChI is InChI=1S/C16H13BrN6O3/c1-21-14-12(15(24)22(2)16(21)25)23(8-18-14)7-11-19-13(20-26-11)9-4-3-5-10(17)6-9/h3-6,8H,7H2,1-2H3. The van der Waals surface area contributed by atoms with Gasteiger partial charge in [0.2, 0.25) is 11.7 Å². The summed E-state index contributed by atoms with van der Waals surface area (Å²) in [7, 11) is 3.00. The molecule has 0 N–H and O–H groups in total. The minimum atomic E-state index is -0.428. The summed E-state index contributed by atoms with van der Waals surface area (Å²) in [6.45, 7) is 0.172. The van der Waals surface area contributed by atoms with Crippen molar-refractivity contribution >= 4 is 27.1 Å². The molecule has 0 unspecified atom stereocenters. The van der Waals surface area contributed by atoms with E-state index in [1.807, 2.05) is 24.3 Å². The fourth-order valence-corrected chi connectivity index (χ4v) is 3.13. The Morgan fingerprint density at radius 2 is 2.00 bits per heavy atom. The van der Waals surface area contributed by atoms with E-state index in [1.165, 1.54) is 17.9 Å². The quantitative estimate of drug-likeness (QED) is 0.498. The first-order valence-corrected chi connectivity index (χ1v) is 8.44. The van der Waals surface area contributed by atoms with E-state index in [-0.39, 0.29) is 6.54 Å². The summed E-state index contributed by atoms with van der Waals surface area (Å²) in [5, 5.41) is 3.98. The van der Waals surface area contributed by atoms with Crippen molar-refractivity contribution in [3.63, 3.8) is 0 Å². The van der Waals surface area contributed by atoms with Crippen LogP contribution in [0, 0.1) is 0 Å². The Bertz CT molecular complexity index is 1250. The van der Waals surface area contributed by atoms with Gasteiger partial charge in [-0.25, -0.2) is 9.78 Å². The Morgan fingerprint density at radius 1 is 1.19 bits per heavy atom. The Morgan fingerprint density at radius 3 is 2.77 bits per heavy atom. The maximum absolute atomic E-state index is 12.5. The van der Waals surface area contributed by atoms with E-state index < -0.39 is 11.2 Å². The van der Waals surface area contributed by atoms with Crippen LogP contribution in [0.15, 0.2) is 49.2 Å². The average molecular weight is 417 g/mol. The number of hydrogen-bond acceptors (Lipinski definition) is 6. The summed E-state index contributed by atoms with van der Waals surface area (Å²) < 4.78 is 10.2. The second kappa shape index (κ2) is 6.06. The van der Waals surface area contributed by atoms with Gasteiger partial charge in [0.25, 0.3) is 5.56 Å². The van der Waals surface area contributed by atoms with E-state index in [0.717, 1.165) is 14.6 Å². The van der Waals surface area contributed by atoms with Crippen molar-refractivity contribution in [2.75, 3.05) is 0 Å². The molecule has 132 valence electrons. The zero-order chi connectivity index (χ0) is 18.4. The first kappa shape index (κ1) is 16.5. The van der Waals surface area contributed by atoms with Crippen molar-refractivity contribution in [1.29, 1.82) is 0 Å². The minimum absolute atomic E-state index is 0.172. The number of imidazole rings is 1. The SMILES string of the molecule is Cn1c(=O)c2c(ncn2Cc2nc(-c3cccc(Br)c3)no2)n(C)c1=O. The second-order valence-corrected chi connectivity index (χ2v) is 6.69. The third-order valence-electron chi connectivity index (χ3n) is 4.07. The molecule has 0 aliphatic rings. The first-order chi connectivity index (χ1) is 12.5. The Kier molecular flexibility index (Phi) is 3.83. The fraction of sp³-hybridized carbons (Fsp3) is 0.188. The summed E-state index contributed by atoms with van der Waals surface area (Å²) >= 11 is 3.41. The number of fused-ring (bicyclic) bond motifs is 1. The molecule has 3 aromatic heterocycles. The number of benzene rings is 1. The summed E-state index contributed by atoms with van der Waals surface area (Å²) in [6.07, 6.45) is 1.48. The maximum atomic E-state index is 12.5. The highest BCUT2D eigenvalue weighted by molar-refractivity contribution is 9.10. The van der Waals surface area contributed by atoms with E-state index in [1.54, 1.807) is 11.6 Å². The predicted molar refractivity (Wildman–Crippen MR) is 96.8 cm³/mol. The molecule has 0 radical (unpaired) electrons. The summed E-state index contributed by atoms with van der Waals surface area (Å²) in [6, 6.07) is 7.54. The molecule has 10 heteroatoms. The van der Waals surface area contributed by atoms with Gasteiger partial charge in [-0.3, -0.25) is 13.9 Å². The summed E-state index contributed by atoms with van der Waals surface area (Å²) in [5.41, 5.74) is 0.569. The van der Waals surface area contributed by atoms with Crippen LogP contribution in [0.25, 0.3) is 22.6 Å². The first-order valence-electron chi connectivity index (χ1n) is 7.65. The normalized spacial score (nSPS) is 11.3. The molecule has 0 saturated heterocycles. The molecule has 4 rings (SSSR count). The zero-order valence-corrected chi connectivity index (χ0v) is 15.5. The van der Waals surface area contributed by atoms with Gasteiger partial charge in [-0.2, -0.15) is 4.98 Å². The van der Waals surface area contributed by atoms with Crippen molar-refractivity contribution < 1.29 is 4.52 Å². The van der Waals surface area contributed by atoms with Gasteiger partial charge in [0, 0.05) is 24.1 Å². The Balaban J connectivity index is 1.75. The monoisotopic (exact) mass is 416 g/mol. The number of hydrogen-bond donors (Lipinski definition) is 0. The van der Waals surface area contributed by atoms with Crippen molar-refractivity contribution in [3.05, 3.63) is 61.8 Å². The van der Waals surface area contributed by atoms with Gasteiger partial charge in [-0.15, -0.1) is 0 Å². The molecule has 3 heterocycles. The fourth-order valence-electron chi connectivity index (χ4n) is 2.73. The van der Waals surface area contributed by atoms with E-state index in [4.69, 9.17) is 4.52 Å². The van der Waals surface area contributed by atoms with Crippen molar-refractivity contribution in [2.45, 2.75) is 6.54 Å². The molecular weight excluding hydrogens is 404 g/mol. The number of rotatable bonds is 3. The topological polar surface area (TPSA) is 101 Å². The van der Waals surface area contributed by atoms with E-state index in [9.17, 15) is 9.59 Å². The summed E-state index contributed by atoms with van der Waals surface area (Å²) in [5.74, 6) is 0.779. The van der Waals surface area contributed by atoms with Gasteiger partial charge in [0.05, 0.1) is 6.33 Å². The maximum Gasteiger partial charge on any atom is 0.332 e. The van der Waals surface area contributed by atoms with Gasteiger partial charge >= 0.3 is 5.69 Å². The number of aromatic nitrogens is 6. The molecule has 0 saturated carbocycles. The molecule has 0 fully saturated rings. The molecule has 26 heavy (non-hydrogen) atoms. The smallest absolute Gasteiger partial charge is 0.332 e. The van der Waals surface area contributed by atoms with Crippen LogP contribution < -0.4 is 11.2 Å². The van der Waals surface area contributed by atoms with Crippen LogP contribution in [0.3, 0.4) is 0 Å². The van der Waals surface area contributed by atoms with Gasteiger partial charge in [0.1, 0.15) is 6.54 Å². The van der Waals surface area contributed by atoms with Gasteiger partial charge in [0.15, 0.2) is 11.2 Å². The molecule has 1 aromatic carbocycles. The number of halogens is 1. The molecule has 0 bridgehead atoms. The number of aryl methyl sites for hydroxylation is 1. The zero-order valence-electron chi connectivity index (χ0n) is 13.9. The van der Waals surface area contributed by atoms with E-state index >= 15 is 0 Å². The van der Waals surface area contributed by atoms with Gasteiger partial charge in [-0.05, 0) is 12.1 Å². The van der Waals surface area contributed by atoms with Crippen LogP contribution in [-0.2, 0) is 20.6 Å². The molecule has 0 atom stereocenters. The molecule has 4 aromatic rings. The molecule has 0 aliphatic heterocycles. The Hall–Kier alpha value is -3.01.